The van der Waals surface area contributed by atoms with Crippen molar-refractivity contribution in [2.75, 3.05) is 5.32 Å². The molecule has 0 aromatic heterocycles. The molecule has 0 spiro atoms. The van der Waals surface area contributed by atoms with Gasteiger partial charge in [0.05, 0.1) is 5.56 Å². The third kappa shape index (κ3) is 3.36. The van der Waals surface area contributed by atoms with Gasteiger partial charge in [-0.25, -0.2) is 4.39 Å². The van der Waals surface area contributed by atoms with Crippen LogP contribution in [0.5, 0.6) is 0 Å². The van der Waals surface area contributed by atoms with Crippen molar-refractivity contribution in [3.05, 3.63) is 64.4 Å². The fraction of sp³-hybridized carbons (Fsp3) is 0.188. The highest BCUT2D eigenvalue weighted by Gasteiger charge is 2.12. The minimum Gasteiger partial charge on any atom is -0.322 e. The minimum atomic E-state index is -0.631. The molecule has 1 N–H and O–H groups in total. The lowest BCUT2D eigenvalue weighted by Crippen LogP contribution is -2.13. The first-order valence-electron chi connectivity index (χ1n) is 6.33. The van der Waals surface area contributed by atoms with E-state index in [0.717, 1.165) is 6.07 Å². The molecule has 1 amide bonds. The van der Waals surface area contributed by atoms with E-state index < -0.39 is 11.7 Å². The Morgan fingerprint density at radius 2 is 1.80 bits per heavy atom. The SMILES string of the molecule is CC(C)c1ccc(NC(=O)c2ccc(Cl)cc2F)cc1. The van der Waals surface area contributed by atoms with Gasteiger partial charge in [0.15, 0.2) is 0 Å². The summed E-state index contributed by atoms with van der Waals surface area (Å²) >= 11 is 5.66. The van der Waals surface area contributed by atoms with E-state index in [1.807, 2.05) is 12.1 Å². The molecule has 0 atom stereocenters. The quantitative estimate of drug-likeness (QED) is 0.860. The molecule has 0 aliphatic carbocycles. The molecule has 0 aliphatic heterocycles. The van der Waals surface area contributed by atoms with Crippen molar-refractivity contribution < 1.29 is 9.18 Å². The van der Waals surface area contributed by atoms with Gasteiger partial charge in [0.25, 0.3) is 5.91 Å². The van der Waals surface area contributed by atoms with Crippen LogP contribution in [0.4, 0.5) is 10.1 Å². The maximum absolute atomic E-state index is 13.6. The van der Waals surface area contributed by atoms with Crippen molar-refractivity contribution in [1.29, 1.82) is 0 Å². The Morgan fingerprint density at radius 3 is 2.35 bits per heavy atom. The molecular weight excluding hydrogens is 277 g/mol. The van der Waals surface area contributed by atoms with Crippen LogP contribution in [0.15, 0.2) is 42.5 Å². The van der Waals surface area contributed by atoms with Crippen LogP contribution in [0, 0.1) is 5.82 Å². The van der Waals surface area contributed by atoms with Gasteiger partial charge in [-0.2, -0.15) is 0 Å². The summed E-state index contributed by atoms with van der Waals surface area (Å²) in [7, 11) is 0. The van der Waals surface area contributed by atoms with Crippen LogP contribution in [-0.2, 0) is 0 Å². The molecule has 2 aromatic rings. The van der Waals surface area contributed by atoms with Gasteiger partial charge >= 0.3 is 0 Å². The summed E-state index contributed by atoms with van der Waals surface area (Å²) in [6.07, 6.45) is 0. The molecule has 0 unspecified atom stereocenters. The van der Waals surface area contributed by atoms with Gasteiger partial charge in [-0.1, -0.05) is 37.6 Å². The summed E-state index contributed by atoms with van der Waals surface area (Å²) < 4.78 is 13.6. The molecular formula is C16H15ClFNO. The molecule has 2 aromatic carbocycles. The Hall–Kier alpha value is -1.87. The highest BCUT2D eigenvalue weighted by molar-refractivity contribution is 6.30. The second kappa shape index (κ2) is 6.06. The molecule has 0 saturated heterocycles. The highest BCUT2D eigenvalue weighted by atomic mass is 35.5. The van der Waals surface area contributed by atoms with Crippen LogP contribution in [0.3, 0.4) is 0 Å². The number of anilines is 1. The Morgan fingerprint density at radius 1 is 1.15 bits per heavy atom. The van der Waals surface area contributed by atoms with Crippen LogP contribution in [0.25, 0.3) is 0 Å². The number of hydrogen-bond donors (Lipinski definition) is 1. The van der Waals surface area contributed by atoms with E-state index in [4.69, 9.17) is 11.6 Å². The molecule has 0 fully saturated rings. The Bertz CT molecular complexity index is 623. The molecule has 4 heteroatoms. The monoisotopic (exact) mass is 291 g/mol. The summed E-state index contributed by atoms with van der Waals surface area (Å²) in [6, 6.07) is 11.5. The van der Waals surface area contributed by atoms with Crippen LogP contribution in [0.1, 0.15) is 35.7 Å². The van der Waals surface area contributed by atoms with E-state index in [0.29, 0.717) is 11.6 Å². The first-order chi connectivity index (χ1) is 9.47. The number of nitrogens with one attached hydrogen (secondary N) is 1. The van der Waals surface area contributed by atoms with Crippen molar-refractivity contribution in [1.82, 2.24) is 0 Å². The molecule has 0 heterocycles. The average molecular weight is 292 g/mol. The predicted octanol–water partition coefficient (Wildman–Crippen LogP) is 4.85. The van der Waals surface area contributed by atoms with Gasteiger partial charge in [0, 0.05) is 10.7 Å². The number of rotatable bonds is 3. The Kier molecular flexibility index (Phi) is 4.40. The number of carbonyl (C=O) groups is 1. The van der Waals surface area contributed by atoms with Crippen LogP contribution in [-0.4, -0.2) is 5.91 Å². The van der Waals surface area contributed by atoms with E-state index in [1.165, 1.54) is 17.7 Å². The van der Waals surface area contributed by atoms with Crippen molar-refractivity contribution in [2.45, 2.75) is 19.8 Å². The summed E-state index contributed by atoms with van der Waals surface area (Å²) in [4.78, 5) is 12.0. The zero-order valence-electron chi connectivity index (χ0n) is 11.3. The lowest BCUT2D eigenvalue weighted by molar-refractivity contribution is 0.102. The van der Waals surface area contributed by atoms with E-state index in [2.05, 4.69) is 19.2 Å². The number of benzene rings is 2. The summed E-state index contributed by atoms with van der Waals surface area (Å²) in [6.45, 7) is 4.19. The number of halogens is 2. The fourth-order valence-corrected chi connectivity index (χ4v) is 1.98. The number of hydrogen-bond acceptors (Lipinski definition) is 1. The second-order valence-electron chi connectivity index (χ2n) is 4.86. The summed E-state index contributed by atoms with van der Waals surface area (Å²) in [5, 5.41) is 2.93. The van der Waals surface area contributed by atoms with Gasteiger partial charge in [-0.3, -0.25) is 4.79 Å². The smallest absolute Gasteiger partial charge is 0.258 e. The maximum atomic E-state index is 13.6. The average Bonchev–Trinajstić information content (AvgIpc) is 2.39. The van der Waals surface area contributed by atoms with Crippen molar-refractivity contribution >= 4 is 23.2 Å². The molecule has 0 saturated carbocycles. The molecule has 20 heavy (non-hydrogen) atoms. The van der Waals surface area contributed by atoms with Crippen molar-refractivity contribution in [2.24, 2.45) is 0 Å². The third-order valence-electron chi connectivity index (χ3n) is 3.01. The van der Waals surface area contributed by atoms with Crippen LogP contribution in [0.2, 0.25) is 5.02 Å². The molecule has 0 radical (unpaired) electrons. The lowest BCUT2D eigenvalue weighted by Gasteiger charge is -2.09. The first kappa shape index (κ1) is 14.5. The van der Waals surface area contributed by atoms with Gasteiger partial charge in [0.1, 0.15) is 5.82 Å². The van der Waals surface area contributed by atoms with Crippen molar-refractivity contribution in [3.63, 3.8) is 0 Å². The standard InChI is InChI=1S/C16H15ClFNO/c1-10(2)11-3-6-13(7-4-11)19-16(20)14-8-5-12(17)9-15(14)18/h3-10H,1-2H3,(H,19,20). The Balaban J connectivity index is 2.15. The van der Waals surface area contributed by atoms with Gasteiger partial charge < -0.3 is 5.32 Å². The molecule has 0 aliphatic rings. The van der Waals surface area contributed by atoms with E-state index in [-0.39, 0.29) is 10.6 Å². The number of carbonyl (C=O) groups excluding carboxylic acids is 1. The second-order valence-corrected chi connectivity index (χ2v) is 5.29. The van der Waals surface area contributed by atoms with Crippen molar-refractivity contribution in [3.8, 4) is 0 Å². The van der Waals surface area contributed by atoms with Gasteiger partial charge in [0.2, 0.25) is 0 Å². The maximum Gasteiger partial charge on any atom is 0.258 e. The highest BCUT2D eigenvalue weighted by Crippen LogP contribution is 2.19. The summed E-state index contributed by atoms with van der Waals surface area (Å²) in [5.74, 6) is -0.696. The minimum absolute atomic E-state index is 0.0256. The normalized spacial score (nSPS) is 10.7. The van der Waals surface area contributed by atoms with Gasteiger partial charge in [-0.05, 0) is 41.8 Å². The Labute approximate surface area is 122 Å². The largest absolute Gasteiger partial charge is 0.322 e. The molecule has 2 rings (SSSR count). The van der Waals surface area contributed by atoms with Gasteiger partial charge in [-0.15, -0.1) is 0 Å². The predicted molar refractivity (Wildman–Crippen MR) is 79.9 cm³/mol. The number of amides is 1. The van der Waals surface area contributed by atoms with E-state index in [1.54, 1.807) is 12.1 Å². The topological polar surface area (TPSA) is 29.1 Å². The van der Waals surface area contributed by atoms with E-state index >= 15 is 0 Å². The lowest BCUT2D eigenvalue weighted by atomic mass is 10.0. The molecule has 2 nitrogen and oxygen atoms in total. The fourth-order valence-electron chi connectivity index (χ4n) is 1.82. The van der Waals surface area contributed by atoms with E-state index in [9.17, 15) is 9.18 Å². The van der Waals surface area contributed by atoms with Crippen LogP contribution < -0.4 is 5.32 Å². The zero-order chi connectivity index (χ0) is 14.7. The molecule has 0 bridgehead atoms. The first-order valence-corrected chi connectivity index (χ1v) is 6.71. The zero-order valence-corrected chi connectivity index (χ0v) is 12.0. The summed E-state index contributed by atoms with van der Waals surface area (Å²) in [5.41, 5.74) is 1.79. The van der Waals surface area contributed by atoms with Crippen LogP contribution >= 0.6 is 11.6 Å². The molecule has 104 valence electrons. The third-order valence-corrected chi connectivity index (χ3v) is 3.25.